The van der Waals surface area contributed by atoms with E-state index in [0.717, 1.165) is 10.7 Å². The second kappa shape index (κ2) is 3.64. The minimum absolute atomic E-state index is 0.680. The Hall–Kier alpha value is -0.680. The van der Waals surface area contributed by atoms with E-state index in [1.807, 2.05) is 0 Å². The average molecular weight is 234 g/mol. The first-order valence-corrected chi connectivity index (χ1v) is 4.38. The molecule has 1 aromatic heterocycles. The first-order chi connectivity index (χ1) is 5.18. The van der Waals surface area contributed by atoms with Crippen molar-refractivity contribution >= 4 is 39.3 Å². The fourth-order valence-electron chi connectivity index (χ4n) is 0.486. The summed E-state index contributed by atoms with van der Waals surface area (Å²) in [5.74, 6) is -0.962. The Bertz CT molecular complexity index is 295. The summed E-state index contributed by atoms with van der Waals surface area (Å²) < 4.78 is 0.729. The molecule has 1 N–H and O–H groups in total. The van der Waals surface area contributed by atoms with Gasteiger partial charge in [-0.2, -0.15) is 0 Å². The van der Waals surface area contributed by atoms with Crippen molar-refractivity contribution in [3.8, 4) is 0 Å². The van der Waals surface area contributed by atoms with Gasteiger partial charge < -0.3 is 5.11 Å². The summed E-state index contributed by atoms with van der Waals surface area (Å²) in [5.41, 5.74) is 0. The number of carboxylic acid groups (broad SMARTS) is 1. The van der Waals surface area contributed by atoms with Crippen LogP contribution in [0.2, 0.25) is 0 Å². The van der Waals surface area contributed by atoms with E-state index >= 15 is 0 Å². The molecule has 0 atom stereocenters. The second-order valence-corrected chi connectivity index (χ2v) is 3.38. The van der Waals surface area contributed by atoms with Gasteiger partial charge in [-0.25, -0.2) is 9.78 Å². The van der Waals surface area contributed by atoms with Crippen LogP contribution in [0.5, 0.6) is 0 Å². The molecule has 58 valence electrons. The maximum absolute atomic E-state index is 10.1. The molecule has 0 fully saturated rings. The van der Waals surface area contributed by atoms with Crippen LogP contribution in [0, 0.1) is 0 Å². The summed E-state index contributed by atoms with van der Waals surface area (Å²) in [6.45, 7) is 0. The predicted octanol–water partition coefficient (Wildman–Crippen LogP) is 2.00. The Morgan fingerprint density at radius 2 is 2.55 bits per heavy atom. The van der Waals surface area contributed by atoms with Gasteiger partial charge in [-0.05, 0) is 22.0 Å². The molecule has 0 bridgehead atoms. The number of nitrogens with zero attached hydrogens (tertiary/aromatic N) is 1. The van der Waals surface area contributed by atoms with Crippen molar-refractivity contribution < 1.29 is 9.90 Å². The monoisotopic (exact) mass is 233 g/mol. The molecule has 1 heterocycles. The lowest BCUT2D eigenvalue weighted by molar-refractivity contribution is -0.131. The molecule has 0 spiro atoms. The van der Waals surface area contributed by atoms with Crippen LogP contribution in [0.15, 0.2) is 16.1 Å². The Kier molecular flexibility index (Phi) is 2.78. The minimum Gasteiger partial charge on any atom is -0.478 e. The molecule has 0 saturated heterocycles. The summed E-state index contributed by atoms with van der Waals surface area (Å²) in [6.07, 6.45) is 2.52. The van der Waals surface area contributed by atoms with Gasteiger partial charge in [-0.1, -0.05) is 0 Å². The number of aromatic nitrogens is 1. The van der Waals surface area contributed by atoms with E-state index in [4.69, 9.17) is 5.11 Å². The summed E-state index contributed by atoms with van der Waals surface area (Å²) >= 11 is 4.54. The Morgan fingerprint density at radius 3 is 3.00 bits per heavy atom. The largest absolute Gasteiger partial charge is 0.478 e. The van der Waals surface area contributed by atoms with Crippen LogP contribution < -0.4 is 0 Å². The van der Waals surface area contributed by atoms with E-state index in [-0.39, 0.29) is 0 Å². The fourth-order valence-corrected chi connectivity index (χ4v) is 1.64. The van der Waals surface area contributed by atoms with Gasteiger partial charge in [0.2, 0.25) is 0 Å². The topological polar surface area (TPSA) is 50.2 Å². The molecular formula is C6H4BrNO2S. The zero-order chi connectivity index (χ0) is 8.27. The highest BCUT2D eigenvalue weighted by atomic mass is 79.9. The number of carboxylic acids is 1. The third kappa shape index (κ3) is 2.81. The first-order valence-electron chi connectivity index (χ1n) is 2.70. The number of carbonyl (C=O) groups is 1. The van der Waals surface area contributed by atoms with Crippen LogP contribution in [0.4, 0.5) is 0 Å². The zero-order valence-corrected chi connectivity index (χ0v) is 7.72. The molecule has 0 radical (unpaired) electrons. The summed E-state index contributed by atoms with van der Waals surface area (Å²) in [6, 6.07) is 0. The SMILES string of the molecule is O=C(O)C=Cc1nc(Br)cs1. The molecule has 1 aromatic rings. The number of rotatable bonds is 2. The molecule has 1 rings (SSSR count). The minimum atomic E-state index is -0.962. The Morgan fingerprint density at radius 1 is 1.82 bits per heavy atom. The highest BCUT2D eigenvalue weighted by molar-refractivity contribution is 9.10. The van der Waals surface area contributed by atoms with Crippen molar-refractivity contribution in [2.24, 2.45) is 0 Å². The van der Waals surface area contributed by atoms with Crippen LogP contribution in [-0.4, -0.2) is 16.1 Å². The Balaban J connectivity index is 2.71. The smallest absolute Gasteiger partial charge is 0.328 e. The van der Waals surface area contributed by atoms with E-state index in [9.17, 15) is 4.79 Å². The fraction of sp³-hybridized carbons (Fsp3) is 0. The molecule has 0 saturated carbocycles. The van der Waals surface area contributed by atoms with Crippen molar-refractivity contribution in [2.75, 3.05) is 0 Å². The molecule has 0 aliphatic rings. The third-order valence-electron chi connectivity index (χ3n) is 0.862. The van der Waals surface area contributed by atoms with Crippen molar-refractivity contribution in [3.05, 3.63) is 21.1 Å². The maximum Gasteiger partial charge on any atom is 0.328 e. The quantitative estimate of drug-likeness (QED) is 0.796. The van der Waals surface area contributed by atoms with Crippen LogP contribution in [0.25, 0.3) is 6.08 Å². The lowest BCUT2D eigenvalue weighted by atomic mass is 10.5. The van der Waals surface area contributed by atoms with Crippen LogP contribution in [0.1, 0.15) is 5.01 Å². The van der Waals surface area contributed by atoms with Gasteiger partial charge in [0.1, 0.15) is 9.61 Å². The Labute approximate surface area is 75.5 Å². The van der Waals surface area contributed by atoms with E-state index in [0.29, 0.717) is 5.01 Å². The van der Waals surface area contributed by atoms with Crippen molar-refractivity contribution in [2.45, 2.75) is 0 Å². The number of thiazole rings is 1. The third-order valence-corrected chi connectivity index (χ3v) is 2.38. The van der Waals surface area contributed by atoms with Gasteiger partial charge in [-0.3, -0.25) is 0 Å². The predicted molar refractivity (Wildman–Crippen MR) is 46.5 cm³/mol. The maximum atomic E-state index is 10.1. The van der Waals surface area contributed by atoms with Crippen LogP contribution in [0.3, 0.4) is 0 Å². The van der Waals surface area contributed by atoms with E-state index in [1.54, 1.807) is 5.38 Å². The first kappa shape index (κ1) is 8.42. The number of hydrogen-bond acceptors (Lipinski definition) is 3. The number of hydrogen-bond donors (Lipinski definition) is 1. The second-order valence-electron chi connectivity index (χ2n) is 1.68. The molecule has 5 heteroatoms. The van der Waals surface area contributed by atoms with Crippen molar-refractivity contribution in [1.82, 2.24) is 4.98 Å². The molecule has 3 nitrogen and oxygen atoms in total. The standard InChI is InChI=1S/C6H4BrNO2S/c7-4-3-11-5(8-4)1-2-6(9)10/h1-3H,(H,9,10). The average Bonchev–Trinajstić information content (AvgIpc) is 2.31. The normalized spacial score (nSPS) is 10.6. The highest BCUT2D eigenvalue weighted by Gasteiger charge is 1.94. The highest BCUT2D eigenvalue weighted by Crippen LogP contribution is 2.15. The number of halogens is 1. The van der Waals surface area contributed by atoms with Crippen LogP contribution in [-0.2, 0) is 4.79 Å². The van der Waals surface area contributed by atoms with E-state index in [1.165, 1.54) is 17.4 Å². The zero-order valence-electron chi connectivity index (χ0n) is 5.32. The van der Waals surface area contributed by atoms with Crippen molar-refractivity contribution in [3.63, 3.8) is 0 Å². The van der Waals surface area contributed by atoms with Gasteiger partial charge in [-0.15, -0.1) is 11.3 Å². The van der Waals surface area contributed by atoms with Crippen LogP contribution >= 0.6 is 27.3 Å². The van der Waals surface area contributed by atoms with E-state index in [2.05, 4.69) is 20.9 Å². The van der Waals surface area contributed by atoms with Gasteiger partial charge in [0.05, 0.1) is 0 Å². The molecule has 0 unspecified atom stereocenters. The molecule has 0 aliphatic heterocycles. The lowest BCUT2D eigenvalue weighted by Gasteiger charge is -1.78. The molecule has 0 aliphatic carbocycles. The van der Waals surface area contributed by atoms with Gasteiger partial charge >= 0.3 is 5.97 Å². The molecular weight excluding hydrogens is 230 g/mol. The molecule has 0 aromatic carbocycles. The van der Waals surface area contributed by atoms with Gasteiger partial charge in [0.25, 0.3) is 0 Å². The number of aliphatic carboxylic acids is 1. The summed E-state index contributed by atoms with van der Waals surface area (Å²) in [7, 11) is 0. The van der Waals surface area contributed by atoms with Gasteiger partial charge in [0, 0.05) is 11.5 Å². The van der Waals surface area contributed by atoms with Gasteiger partial charge in [0.15, 0.2) is 0 Å². The van der Waals surface area contributed by atoms with E-state index < -0.39 is 5.97 Å². The molecule has 11 heavy (non-hydrogen) atoms. The lowest BCUT2D eigenvalue weighted by Crippen LogP contribution is -1.84. The summed E-state index contributed by atoms with van der Waals surface area (Å²) in [5, 5.41) is 10.7. The van der Waals surface area contributed by atoms with Crippen molar-refractivity contribution in [1.29, 1.82) is 0 Å². The summed E-state index contributed by atoms with van der Waals surface area (Å²) in [4.78, 5) is 14.0. The molecule has 0 amide bonds.